The highest BCUT2D eigenvalue weighted by Crippen LogP contribution is 1.93. The number of carbonyl (C=O) groups is 2. The monoisotopic (exact) mass is 159 g/mol. The molecule has 0 fully saturated rings. The fourth-order valence-corrected chi connectivity index (χ4v) is 0.543. The van der Waals surface area contributed by atoms with Crippen LogP contribution in [0.15, 0.2) is 0 Å². The van der Waals surface area contributed by atoms with Crippen LogP contribution in [0.1, 0.15) is 6.92 Å². The van der Waals surface area contributed by atoms with Gasteiger partial charge >= 0.3 is 6.03 Å². The highest BCUT2D eigenvalue weighted by molar-refractivity contribution is 5.85. The van der Waals surface area contributed by atoms with Gasteiger partial charge < -0.3 is 16.0 Å². The van der Waals surface area contributed by atoms with Crippen LogP contribution in [0.2, 0.25) is 0 Å². The zero-order chi connectivity index (χ0) is 9.02. The topological polar surface area (TPSA) is 75.4 Å². The molecule has 0 radical (unpaired) electrons. The lowest BCUT2D eigenvalue weighted by molar-refractivity contribution is -0.121. The van der Waals surface area contributed by atoms with Crippen molar-refractivity contribution in [3.05, 3.63) is 0 Å². The molecular formula is C6H13N3O2. The Morgan fingerprint density at radius 1 is 1.55 bits per heavy atom. The Bertz CT molecular complexity index is 169. The molecule has 1 unspecified atom stereocenters. The van der Waals surface area contributed by atoms with E-state index in [9.17, 15) is 9.59 Å². The zero-order valence-corrected chi connectivity index (χ0v) is 6.92. The second-order valence-corrected chi connectivity index (χ2v) is 2.24. The summed E-state index contributed by atoms with van der Waals surface area (Å²) in [4.78, 5) is 22.7. The minimum atomic E-state index is -0.574. The van der Waals surface area contributed by atoms with E-state index in [-0.39, 0.29) is 6.03 Å². The van der Waals surface area contributed by atoms with Crippen LogP contribution in [0.3, 0.4) is 0 Å². The summed E-state index contributed by atoms with van der Waals surface area (Å²) < 4.78 is 0. The number of nitrogens with two attached hydrogens (primary N) is 1. The van der Waals surface area contributed by atoms with Gasteiger partial charge in [0.2, 0.25) is 5.91 Å². The Balaban J connectivity index is 4.12. The summed E-state index contributed by atoms with van der Waals surface area (Å²) in [6, 6.07) is -0.897. The van der Waals surface area contributed by atoms with E-state index in [1.165, 1.54) is 19.0 Å². The highest BCUT2D eigenvalue weighted by atomic mass is 16.2. The number of urea groups is 1. The van der Waals surface area contributed by atoms with E-state index >= 15 is 0 Å². The summed E-state index contributed by atoms with van der Waals surface area (Å²) in [6.45, 7) is 1.57. The summed E-state index contributed by atoms with van der Waals surface area (Å²) in [5.74, 6) is -0.517. The number of likely N-dealkylation sites (N-methyl/N-ethyl adjacent to an activating group) is 1. The molecule has 0 saturated heterocycles. The Labute approximate surface area is 65.5 Å². The molecule has 5 heteroatoms. The largest absolute Gasteiger partial charge is 0.368 e. The average molecular weight is 159 g/mol. The normalized spacial score (nSPS) is 11.9. The van der Waals surface area contributed by atoms with Crippen LogP contribution in [0.25, 0.3) is 0 Å². The van der Waals surface area contributed by atoms with Gasteiger partial charge in [-0.25, -0.2) is 4.79 Å². The number of hydrogen-bond acceptors (Lipinski definition) is 2. The maximum atomic E-state index is 10.9. The number of primary amides is 1. The Hall–Kier alpha value is -1.26. The second-order valence-electron chi connectivity index (χ2n) is 2.24. The van der Waals surface area contributed by atoms with E-state index in [0.29, 0.717) is 0 Å². The SMILES string of the molecule is CNC(=O)N(C)C(C)C(N)=O. The van der Waals surface area contributed by atoms with Crippen molar-refractivity contribution in [1.82, 2.24) is 10.2 Å². The summed E-state index contributed by atoms with van der Waals surface area (Å²) in [6.07, 6.45) is 0. The predicted octanol–water partition coefficient (Wildman–Crippen LogP) is -0.869. The molecule has 0 heterocycles. The van der Waals surface area contributed by atoms with Crippen LogP contribution in [0, 0.1) is 0 Å². The predicted molar refractivity (Wildman–Crippen MR) is 40.9 cm³/mol. The molecule has 0 aliphatic heterocycles. The molecule has 0 aromatic heterocycles. The molecule has 0 aromatic carbocycles. The first kappa shape index (κ1) is 9.74. The van der Waals surface area contributed by atoms with Gasteiger partial charge in [-0.05, 0) is 6.92 Å². The molecule has 5 nitrogen and oxygen atoms in total. The lowest BCUT2D eigenvalue weighted by Crippen LogP contribution is -2.47. The van der Waals surface area contributed by atoms with Gasteiger partial charge in [0.25, 0.3) is 0 Å². The Kier molecular flexibility index (Phi) is 3.36. The molecule has 1 atom stereocenters. The van der Waals surface area contributed by atoms with Gasteiger partial charge in [-0.15, -0.1) is 0 Å². The average Bonchev–Trinajstić information content (AvgIpc) is 2.00. The van der Waals surface area contributed by atoms with Crippen molar-refractivity contribution in [3.63, 3.8) is 0 Å². The van der Waals surface area contributed by atoms with Gasteiger partial charge in [0, 0.05) is 14.1 Å². The highest BCUT2D eigenvalue weighted by Gasteiger charge is 2.18. The summed E-state index contributed by atoms with van der Waals surface area (Å²) in [5.41, 5.74) is 4.97. The number of hydrogen-bond donors (Lipinski definition) is 2. The van der Waals surface area contributed by atoms with Crippen molar-refractivity contribution in [2.75, 3.05) is 14.1 Å². The molecule has 0 aliphatic carbocycles. The molecule has 0 spiro atoms. The Morgan fingerprint density at radius 3 is 2.27 bits per heavy atom. The fourth-order valence-electron chi connectivity index (χ4n) is 0.543. The first-order valence-electron chi connectivity index (χ1n) is 3.24. The molecule has 0 rings (SSSR count). The Morgan fingerprint density at radius 2 is 2.00 bits per heavy atom. The van der Waals surface area contributed by atoms with Crippen molar-refractivity contribution in [1.29, 1.82) is 0 Å². The maximum absolute atomic E-state index is 10.9. The fraction of sp³-hybridized carbons (Fsp3) is 0.667. The van der Waals surface area contributed by atoms with Crippen molar-refractivity contribution >= 4 is 11.9 Å². The number of carbonyl (C=O) groups excluding carboxylic acids is 2. The van der Waals surface area contributed by atoms with Crippen LogP contribution >= 0.6 is 0 Å². The number of rotatable bonds is 2. The van der Waals surface area contributed by atoms with Crippen molar-refractivity contribution in [2.24, 2.45) is 5.73 Å². The van der Waals surface area contributed by atoms with Gasteiger partial charge in [-0.1, -0.05) is 0 Å². The van der Waals surface area contributed by atoms with Crippen LogP contribution < -0.4 is 11.1 Å². The van der Waals surface area contributed by atoms with Gasteiger partial charge in [0.15, 0.2) is 0 Å². The van der Waals surface area contributed by atoms with Crippen LogP contribution in [-0.2, 0) is 4.79 Å². The van der Waals surface area contributed by atoms with E-state index in [2.05, 4.69) is 5.32 Å². The molecule has 0 aliphatic rings. The van der Waals surface area contributed by atoms with E-state index in [4.69, 9.17) is 5.73 Å². The molecule has 0 saturated carbocycles. The molecule has 3 N–H and O–H groups in total. The molecule has 11 heavy (non-hydrogen) atoms. The molecular weight excluding hydrogens is 146 g/mol. The van der Waals surface area contributed by atoms with Crippen LogP contribution in [0.4, 0.5) is 4.79 Å². The van der Waals surface area contributed by atoms with E-state index < -0.39 is 11.9 Å². The quantitative estimate of drug-likeness (QED) is 0.549. The van der Waals surface area contributed by atoms with Crippen molar-refractivity contribution in [2.45, 2.75) is 13.0 Å². The standard InChI is InChI=1S/C6H13N3O2/c1-4(5(7)10)9(3)6(11)8-2/h4H,1-3H3,(H2,7,10)(H,8,11). The van der Waals surface area contributed by atoms with Crippen LogP contribution in [0.5, 0.6) is 0 Å². The smallest absolute Gasteiger partial charge is 0.317 e. The maximum Gasteiger partial charge on any atom is 0.317 e. The summed E-state index contributed by atoms with van der Waals surface area (Å²) >= 11 is 0. The second kappa shape index (κ2) is 3.80. The molecule has 3 amide bonds. The lowest BCUT2D eigenvalue weighted by Gasteiger charge is -2.21. The molecule has 64 valence electrons. The molecule has 0 aromatic rings. The number of nitrogens with one attached hydrogen (secondary N) is 1. The minimum absolute atomic E-state index is 0.323. The minimum Gasteiger partial charge on any atom is -0.368 e. The van der Waals surface area contributed by atoms with E-state index in [1.807, 2.05) is 0 Å². The first-order valence-corrected chi connectivity index (χ1v) is 3.24. The first-order chi connectivity index (χ1) is 5.00. The third-order valence-electron chi connectivity index (χ3n) is 1.53. The summed E-state index contributed by atoms with van der Waals surface area (Å²) in [7, 11) is 3.00. The third kappa shape index (κ3) is 2.45. The number of amides is 3. The number of nitrogens with zero attached hydrogens (tertiary/aromatic N) is 1. The van der Waals surface area contributed by atoms with Crippen molar-refractivity contribution < 1.29 is 9.59 Å². The molecule has 0 bridgehead atoms. The van der Waals surface area contributed by atoms with E-state index in [1.54, 1.807) is 6.92 Å². The van der Waals surface area contributed by atoms with Gasteiger partial charge in [0.05, 0.1) is 0 Å². The van der Waals surface area contributed by atoms with E-state index in [0.717, 1.165) is 0 Å². The van der Waals surface area contributed by atoms with Gasteiger partial charge in [0.1, 0.15) is 6.04 Å². The third-order valence-corrected chi connectivity index (χ3v) is 1.53. The van der Waals surface area contributed by atoms with Crippen molar-refractivity contribution in [3.8, 4) is 0 Å². The van der Waals surface area contributed by atoms with Gasteiger partial charge in [-0.2, -0.15) is 0 Å². The zero-order valence-electron chi connectivity index (χ0n) is 6.92. The van der Waals surface area contributed by atoms with Crippen LogP contribution in [-0.4, -0.2) is 37.0 Å². The lowest BCUT2D eigenvalue weighted by atomic mass is 10.3. The van der Waals surface area contributed by atoms with Gasteiger partial charge in [-0.3, -0.25) is 4.79 Å². The summed E-state index contributed by atoms with van der Waals surface area (Å²) in [5, 5.41) is 2.38.